The summed E-state index contributed by atoms with van der Waals surface area (Å²) in [5, 5.41) is 0. The topological polar surface area (TPSA) is 108 Å². The van der Waals surface area contributed by atoms with Gasteiger partial charge in [0.25, 0.3) is 16.0 Å². The molecule has 2 N–H and O–H groups in total. The van der Waals surface area contributed by atoms with Crippen LogP contribution in [-0.2, 0) is 38.5 Å². The highest BCUT2D eigenvalue weighted by Crippen LogP contribution is 2.28. The van der Waals surface area contributed by atoms with E-state index in [4.69, 9.17) is 19.4 Å². The minimum atomic E-state index is -3.71. The second-order valence-electron chi connectivity index (χ2n) is 9.90. The van der Waals surface area contributed by atoms with Gasteiger partial charge in [-0.05, 0) is 66.6 Å². The third kappa shape index (κ3) is 9.38. The number of hydrogen-bond acceptors (Lipinski definition) is 7. The first-order valence-electron chi connectivity index (χ1n) is 13.1. The Balaban J connectivity index is 1.58. The maximum atomic E-state index is 12.2. The van der Waals surface area contributed by atoms with Crippen LogP contribution in [0.1, 0.15) is 29.5 Å². The zero-order valence-corrected chi connectivity index (χ0v) is 23.0. The van der Waals surface area contributed by atoms with E-state index in [1.807, 2.05) is 60.7 Å². The van der Waals surface area contributed by atoms with Gasteiger partial charge in [-0.25, -0.2) is 0 Å². The molecule has 3 aromatic carbocycles. The van der Waals surface area contributed by atoms with Crippen LogP contribution in [0, 0.1) is 0 Å². The highest BCUT2D eigenvalue weighted by Gasteiger charge is 2.28. The van der Waals surface area contributed by atoms with Crippen molar-refractivity contribution in [1.82, 2.24) is 4.90 Å². The predicted octanol–water partition coefficient (Wildman–Crippen LogP) is 3.72. The zero-order valence-electron chi connectivity index (χ0n) is 22.2. The van der Waals surface area contributed by atoms with Crippen LogP contribution in [0.2, 0.25) is 0 Å². The first-order chi connectivity index (χ1) is 18.7. The molecule has 0 heterocycles. The smallest absolute Gasteiger partial charge is 0.264 e. The number of nitrogens with two attached hydrogens (primary N) is 1. The monoisotopic (exact) mass is 552 g/mol. The number of fused-ring (bicyclic) bond motifs is 1. The van der Waals surface area contributed by atoms with Crippen LogP contribution in [-0.4, -0.2) is 57.4 Å². The van der Waals surface area contributed by atoms with Gasteiger partial charge in [0.05, 0.1) is 6.26 Å². The Kier molecular flexibility index (Phi) is 9.97. The van der Waals surface area contributed by atoms with E-state index in [9.17, 15) is 13.2 Å². The number of amides is 1. The Morgan fingerprint density at radius 1 is 0.974 bits per heavy atom. The van der Waals surface area contributed by atoms with Crippen molar-refractivity contribution in [2.75, 3.05) is 26.0 Å². The molecule has 4 rings (SSSR count). The van der Waals surface area contributed by atoms with Crippen molar-refractivity contribution in [3.05, 3.63) is 95.6 Å². The molecular formula is C30H36N2O6S. The number of aryl methyl sites for hydroxylation is 1. The number of carbonyl (C=O) groups is 1. The fourth-order valence-corrected chi connectivity index (χ4v) is 5.57. The van der Waals surface area contributed by atoms with Gasteiger partial charge in [-0.2, -0.15) is 8.42 Å². The standard InChI is InChI=1S/C30H36N2O6S/c1-39(34,35)38-29(21-36-27-13-6-3-7-14-27)20-32(19-23-9-4-2-5-10-23)26-12-8-11-24-15-16-28(18-25(24)17-26)37-22-30(31)33/h2-7,9-10,13-16,18,26,29H,8,11-12,17,19-22H2,1H3,(H2,31,33)/t26?,29-/m0/s1. The number of hydrogen-bond donors (Lipinski definition) is 1. The molecule has 3 aromatic rings. The van der Waals surface area contributed by atoms with Crippen molar-refractivity contribution >= 4 is 16.0 Å². The maximum Gasteiger partial charge on any atom is 0.264 e. The van der Waals surface area contributed by atoms with E-state index in [2.05, 4.69) is 23.1 Å². The molecule has 9 heteroatoms. The van der Waals surface area contributed by atoms with Crippen molar-refractivity contribution in [1.29, 1.82) is 0 Å². The van der Waals surface area contributed by atoms with Crippen LogP contribution in [0.5, 0.6) is 11.5 Å². The molecule has 0 saturated carbocycles. The Labute approximate surface area is 230 Å². The number of ether oxygens (including phenoxy) is 2. The summed E-state index contributed by atoms with van der Waals surface area (Å²) in [5.74, 6) is 0.741. The molecular weight excluding hydrogens is 516 g/mol. The molecule has 1 amide bonds. The normalized spacial score (nSPS) is 16.2. The SMILES string of the molecule is CS(=O)(=O)O[C@H](COc1ccccc1)CN(Cc1ccccc1)C1CCCc2ccc(OCC(N)=O)cc2C1. The molecule has 0 fully saturated rings. The van der Waals surface area contributed by atoms with Crippen LogP contribution in [0.15, 0.2) is 78.9 Å². The molecule has 39 heavy (non-hydrogen) atoms. The molecule has 0 spiro atoms. The lowest BCUT2D eigenvalue weighted by molar-refractivity contribution is -0.119. The van der Waals surface area contributed by atoms with Crippen molar-refractivity contribution in [3.8, 4) is 11.5 Å². The first-order valence-corrected chi connectivity index (χ1v) is 14.9. The molecule has 0 aliphatic heterocycles. The lowest BCUT2D eigenvalue weighted by Gasteiger charge is -2.34. The fraction of sp³-hybridized carbons (Fsp3) is 0.367. The zero-order chi connectivity index (χ0) is 27.7. The van der Waals surface area contributed by atoms with Gasteiger partial charge in [0, 0.05) is 19.1 Å². The third-order valence-electron chi connectivity index (χ3n) is 6.67. The minimum absolute atomic E-state index is 0.0940. The van der Waals surface area contributed by atoms with Crippen molar-refractivity contribution < 1.29 is 26.9 Å². The van der Waals surface area contributed by atoms with Crippen molar-refractivity contribution in [2.24, 2.45) is 5.73 Å². The van der Waals surface area contributed by atoms with Crippen LogP contribution < -0.4 is 15.2 Å². The van der Waals surface area contributed by atoms with Gasteiger partial charge in [0.2, 0.25) is 0 Å². The first kappa shape index (κ1) is 28.6. The Bertz CT molecular complexity index is 1320. The average Bonchev–Trinajstić information content (AvgIpc) is 3.12. The van der Waals surface area contributed by atoms with Crippen LogP contribution >= 0.6 is 0 Å². The summed E-state index contributed by atoms with van der Waals surface area (Å²) in [7, 11) is -3.71. The van der Waals surface area contributed by atoms with Crippen LogP contribution in [0.3, 0.4) is 0 Å². The molecule has 0 bridgehead atoms. The summed E-state index contributed by atoms with van der Waals surface area (Å²) in [6, 6.07) is 25.5. The summed E-state index contributed by atoms with van der Waals surface area (Å²) < 4.78 is 41.4. The lowest BCUT2D eigenvalue weighted by atomic mass is 10.00. The fourth-order valence-electron chi connectivity index (χ4n) is 4.96. The van der Waals surface area contributed by atoms with Crippen molar-refractivity contribution in [3.63, 3.8) is 0 Å². The van der Waals surface area contributed by atoms with E-state index in [-0.39, 0.29) is 19.3 Å². The quantitative estimate of drug-likeness (QED) is 0.254. The van der Waals surface area contributed by atoms with Gasteiger partial charge in [-0.1, -0.05) is 54.6 Å². The van der Waals surface area contributed by atoms with E-state index < -0.39 is 22.1 Å². The molecule has 208 valence electrons. The number of nitrogens with zero attached hydrogens (tertiary/aromatic N) is 1. The highest BCUT2D eigenvalue weighted by atomic mass is 32.2. The van der Waals surface area contributed by atoms with Gasteiger partial charge >= 0.3 is 0 Å². The predicted molar refractivity (Wildman–Crippen MR) is 150 cm³/mol. The van der Waals surface area contributed by atoms with Gasteiger partial charge in [0.1, 0.15) is 24.2 Å². The Hall–Kier alpha value is -3.40. The summed E-state index contributed by atoms with van der Waals surface area (Å²) in [5.41, 5.74) is 8.78. The number of benzene rings is 3. The number of carbonyl (C=O) groups excluding carboxylic acids is 1. The summed E-state index contributed by atoms with van der Waals surface area (Å²) >= 11 is 0. The number of para-hydroxylation sites is 1. The molecule has 8 nitrogen and oxygen atoms in total. The van der Waals surface area contributed by atoms with Crippen LogP contribution in [0.25, 0.3) is 0 Å². The number of primary amides is 1. The van der Waals surface area contributed by atoms with E-state index in [1.54, 1.807) is 0 Å². The second kappa shape index (κ2) is 13.6. The van der Waals surface area contributed by atoms with Crippen LogP contribution in [0.4, 0.5) is 0 Å². The molecule has 0 aromatic heterocycles. The van der Waals surface area contributed by atoms with Gasteiger partial charge < -0.3 is 15.2 Å². The van der Waals surface area contributed by atoms with E-state index in [1.165, 1.54) is 5.56 Å². The van der Waals surface area contributed by atoms with Gasteiger partial charge in [0.15, 0.2) is 6.61 Å². The summed E-state index contributed by atoms with van der Waals surface area (Å²) in [6.07, 6.45) is 3.98. The molecule has 1 aliphatic carbocycles. The van der Waals surface area contributed by atoms with Crippen molar-refractivity contribution in [2.45, 2.75) is 44.4 Å². The Morgan fingerprint density at radius 2 is 1.69 bits per heavy atom. The number of rotatable bonds is 13. The Morgan fingerprint density at radius 3 is 2.38 bits per heavy atom. The van der Waals surface area contributed by atoms with E-state index >= 15 is 0 Å². The van der Waals surface area contributed by atoms with E-state index in [0.717, 1.165) is 43.1 Å². The lowest BCUT2D eigenvalue weighted by Crippen LogP contribution is -2.44. The summed E-state index contributed by atoms with van der Waals surface area (Å²) in [4.78, 5) is 13.5. The molecule has 2 atom stereocenters. The largest absolute Gasteiger partial charge is 0.491 e. The second-order valence-corrected chi connectivity index (χ2v) is 11.5. The molecule has 1 unspecified atom stereocenters. The van der Waals surface area contributed by atoms with Gasteiger partial charge in [-0.15, -0.1) is 0 Å². The minimum Gasteiger partial charge on any atom is -0.491 e. The summed E-state index contributed by atoms with van der Waals surface area (Å²) in [6.45, 7) is 0.922. The average molecular weight is 553 g/mol. The molecule has 1 aliphatic rings. The maximum absolute atomic E-state index is 12.2. The van der Waals surface area contributed by atoms with Gasteiger partial charge in [-0.3, -0.25) is 13.9 Å². The van der Waals surface area contributed by atoms with E-state index in [0.29, 0.717) is 24.6 Å². The third-order valence-corrected chi connectivity index (χ3v) is 7.29. The molecule has 0 radical (unpaired) electrons. The molecule has 0 saturated heterocycles. The highest BCUT2D eigenvalue weighted by molar-refractivity contribution is 7.86.